The van der Waals surface area contributed by atoms with Crippen LogP contribution >= 0.6 is 0 Å². The predicted octanol–water partition coefficient (Wildman–Crippen LogP) is -2.60. The van der Waals surface area contributed by atoms with Gasteiger partial charge in [0.25, 0.3) is 0 Å². The summed E-state index contributed by atoms with van der Waals surface area (Å²) in [7, 11) is 0. The lowest BCUT2D eigenvalue weighted by Crippen LogP contribution is -2.59. The number of primary amides is 2. The molecular formula is C44H66N14O8. The average molecular weight is 919 g/mol. The number of likely N-dealkylation sites (tertiary alicyclic amines) is 1. The first kappa shape index (κ1) is 53.1. The molecule has 0 radical (unpaired) electrons. The molecule has 0 bridgehead atoms. The minimum Gasteiger partial charge on any atom is -0.370 e. The van der Waals surface area contributed by atoms with Crippen LogP contribution in [0.1, 0.15) is 76.3 Å². The average Bonchev–Trinajstić information content (AvgIpc) is 3.75. The number of aliphatic imine (C=N–C) groups is 2. The highest BCUT2D eigenvalue weighted by Crippen LogP contribution is 2.21. The first-order chi connectivity index (χ1) is 31.3. The van der Waals surface area contributed by atoms with Crippen molar-refractivity contribution in [3.63, 3.8) is 0 Å². The molecule has 0 saturated carbocycles. The van der Waals surface area contributed by atoms with Crippen molar-refractivity contribution in [2.75, 3.05) is 19.6 Å². The van der Waals surface area contributed by atoms with Crippen molar-refractivity contribution in [1.82, 2.24) is 31.5 Å². The third kappa shape index (κ3) is 18.8. The number of nitrogens with one attached hydrogen (secondary N) is 5. The Morgan fingerprint density at radius 1 is 0.636 bits per heavy atom. The molecule has 17 N–H and O–H groups in total. The molecule has 8 amide bonds. The lowest BCUT2D eigenvalue weighted by atomic mass is 10.00. The molecule has 6 atom stereocenters. The quantitative estimate of drug-likeness (QED) is 0.0250. The van der Waals surface area contributed by atoms with Crippen molar-refractivity contribution in [3.8, 4) is 0 Å². The second-order valence-electron chi connectivity index (χ2n) is 16.5. The van der Waals surface area contributed by atoms with E-state index in [4.69, 9.17) is 34.4 Å². The highest BCUT2D eigenvalue weighted by atomic mass is 16.2. The molecule has 2 aromatic carbocycles. The molecule has 0 aliphatic carbocycles. The maximum absolute atomic E-state index is 14.5. The summed E-state index contributed by atoms with van der Waals surface area (Å²) in [6.07, 6.45) is 0.754. The van der Waals surface area contributed by atoms with E-state index in [1.807, 2.05) is 32.0 Å². The summed E-state index contributed by atoms with van der Waals surface area (Å²) in [5, 5.41) is 13.5. The third-order valence-electron chi connectivity index (χ3n) is 10.5. The van der Waals surface area contributed by atoms with E-state index in [2.05, 4.69) is 36.6 Å². The molecular weight excluding hydrogens is 853 g/mol. The van der Waals surface area contributed by atoms with Crippen molar-refractivity contribution in [2.45, 2.75) is 114 Å². The van der Waals surface area contributed by atoms with E-state index in [-0.39, 0.29) is 94.7 Å². The fourth-order valence-corrected chi connectivity index (χ4v) is 7.33. The van der Waals surface area contributed by atoms with E-state index >= 15 is 0 Å². The summed E-state index contributed by atoms with van der Waals surface area (Å²) in [6, 6.07) is 10.7. The summed E-state index contributed by atoms with van der Waals surface area (Å²) >= 11 is 0. The number of guanidine groups is 2. The number of amides is 8. The molecule has 1 fully saturated rings. The Balaban J connectivity index is 1.90. The third-order valence-corrected chi connectivity index (χ3v) is 10.5. The summed E-state index contributed by atoms with van der Waals surface area (Å²) in [5.74, 6) is -6.17. The zero-order chi connectivity index (χ0) is 48.8. The first-order valence-corrected chi connectivity index (χ1v) is 21.9. The number of hydrogen-bond acceptors (Lipinski definition) is 10. The molecule has 2 aromatic rings. The van der Waals surface area contributed by atoms with E-state index in [1.54, 1.807) is 42.5 Å². The SMILES string of the molecule is CC(C)C[C@H](NC(=O)Cc1ccccc1)C(=O)N[C@@H](Cc1ccccc1)C(=O)N[C@@H](CCCN=C(N)N)C(=O)N1CCC[C@H]1C(=O)N[C@@H](CCCN=C(N)N)C(=O)N[C@@H](CC(N)=O)C(N)=O. The fourth-order valence-electron chi connectivity index (χ4n) is 7.33. The smallest absolute Gasteiger partial charge is 0.245 e. The standard InChI is InChI=1S/C44H66N14O8/c1-26(2)22-32(53-36(60)24-28-14-7-4-8-15-28)39(63)57-33(23-27-12-5-3-6-13-27)40(64)55-30(17-10-20-52-44(49)50)42(66)58-21-11-18-34(58)41(65)54-29(16-9-19-51-43(47)48)38(62)56-31(37(46)61)25-35(45)59/h3-8,12-15,26,29-34H,9-11,16-25H2,1-2H3,(H2,45,59)(H2,46,61)(H,53,60)(H,54,65)(H,55,64)(H,56,62)(H,57,63)(H4,47,48,51)(H4,49,50,52)/t29-,30-,31-,32-,33-,34-/m0/s1. The Labute approximate surface area is 384 Å². The van der Waals surface area contributed by atoms with Crippen LogP contribution in [0, 0.1) is 5.92 Å². The van der Waals surface area contributed by atoms with Gasteiger partial charge in [-0.25, -0.2) is 0 Å². The molecule has 22 nitrogen and oxygen atoms in total. The number of nitrogens with two attached hydrogens (primary N) is 6. The summed E-state index contributed by atoms with van der Waals surface area (Å²) in [5.41, 5.74) is 34.0. The van der Waals surface area contributed by atoms with Gasteiger partial charge in [-0.2, -0.15) is 0 Å². The van der Waals surface area contributed by atoms with Gasteiger partial charge >= 0.3 is 0 Å². The topological polar surface area (TPSA) is 381 Å². The highest BCUT2D eigenvalue weighted by Gasteiger charge is 2.40. The van der Waals surface area contributed by atoms with Crippen molar-refractivity contribution in [2.24, 2.45) is 50.3 Å². The van der Waals surface area contributed by atoms with Crippen LogP contribution in [0.2, 0.25) is 0 Å². The zero-order valence-corrected chi connectivity index (χ0v) is 37.6. The summed E-state index contributed by atoms with van der Waals surface area (Å²) < 4.78 is 0. The Morgan fingerprint density at radius 2 is 1.15 bits per heavy atom. The van der Waals surface area contributed by atoms with Gasteiger partial charge in [0, 0.05) is 26.1 Å². The van der Waals surface area contributed by atoms with Crippen LogP contribution < -0.4 is 61.0 Å². The number of hydrogen-bond donors (Lipinski definition) is 11. The summed E-state index contributed by atoms with van der Waals surface area (Å²) in [4.78, 5) is 116. The number of carbonyl (C=O) groups excluding carboxylic acids is 8. The van der Waals surface area contributed by atoms with E-state index in [9.17, 15) is 38.4 Å². The van der Waals surface area contributed by atoms with E-state index in [0.717, 1.165) is 5.56 Å². The number of rotatable bonds is 27. The lowest BCUT2D eigenvalue weighted by molar-refractivity contribution is -0.142. The van der Waals surface area contributed by atoms with Gasteiger partial charge in [-0.3, -0.25) is 48.3 Å². The van der Waals surface area contributed by atoms with Gasteiger partial charge in [-0.15, -0.1) is 0 Å². The van der Waals surface area contributed by atoms with Gasteiger partial charge in [0.2, 0.25) is 47.3 Å². The lowest BCUT2D eigenvalue weighted by Gasteiger charge is -2.31. The minimum absolute atomic E-state index is 0.0137. The normalized spacial score (nSPS) is 15.4. The largest absolute Gasteiger partial charge is 0.370 e. The van der Waals surface area contributed by atoms with Crippen molar-refractivity contribution in [3.05, 3.63) is 71.8 Å². The maximum Gasteiger partial charge on any atom is 0.245 e. The Bertz CT molecular complexity index is 2030. The van der Waals surface area contributed by atoms with Gasteiger partial charge in [-0.1, -0.05) is 74.5 Å². The van der Waals surface area contributed by atoms with Gasteiger partial charge in [0.05, 0.1) is 12.8 Å². The molecule has 0 unspecified atom stereocenters. The molecule has 0 spiro atoms. The second-order valence-corrected chi connectivity index (χ2v) is 16.5. The monoisotopic (exact) mass is 919 g/mol. The molecule has 1 aliphatic heterocycles. The molecule has 360 valence electrons. The molecule has 1 aliphatic rings. The van der Waals surface area contributed by atoms with Crippen LogP contribution in [0.15, 0.2) is 70.6 Å². The van der Waals surface area contributed by atoms with Gasteiger partial charge in [-0.05, 0) is 62.0 Å². The molecule has 22 heteroatoms. The van der Waals surface area contributed by atoms with E-state index in [1.165, 1.54) is 4.90 Å². The van der Waals surface area contributed by atoms with Crippen LogP contribution in [0.5, 0.6) is 0 Å². The molecule has 3 rings (SSSR count). The number of carbonyl (C=O) groups is 8. The molecule has 66 heavy (non-hydrogen) atoms. The van der Waals surface area contributed by atoms with E-state index < -0.39 is 84.0 Å². The molecule has 1 saturated heterocycles. The van der Waals surface area contributed by atoms with Crippen LogP contribution in [0.3, 0.4) is 0 Å². The van der Waals surface area contributed by atoms with E-state index in [0.29, 0.717) is 12.0 Å². The minimum atomic E-state index is -1.46. The molecule has 0 aromatic heterocycles. The first-order valence-electron chi connectivity index (χ1n) is 21.9. The Kier molecular flexibility index (Phi) is 21.8. The fraction of sp³-hybridized carbons (Fsp3) is 0.500. The molecule has 1 heterocycles. The van der Waals surface area contributed by atoms with Gasteiger partial charge < -0.3 is 65.9 Å². The Hall–Kier alpha value is -7.26. The van der Waals surface area contributed by atoms with Crippen LogP contribution in [-0.4, -0.2) is 120 Å². The van der Waals surface area contributed by atoms with Gasteiger partial charge in [0.1, 0.15) is 36.3 Å². The van der Waals surface area contributed by atoms with Crippen LogP contribution in [0.25, 0.3) is 0 Å². The number of benzene rings is 2. The second kappa shape index (κ2) is 27.2. The van der Waals surface area contributed by atoms with Crippen molar-refractivity contribution >= 4 is 59.2 Å². The van der Waals surface area contributed by atoms with Crippen LogP contribution in [-0.2, 0) is 51.2 Å². The van der Waals surface area contributed by atoms with Gasteiger partial charge in [0.15, 0.2) is 11.9 Å². The highest BCUT2D eigenvalue weighted by molar-refractivity contribution is 5.98. The number of nitrogens with zero attached hydrogens (tertiary/aromatic N) is 3. The van der Waals surface area contributed by atoms with Crippen LogP contribution in [0.4, 0.5) is 0 Å². The maximum atomic E-state index is 14.5. The summed E-state index contributed by atoms with van der Waals surface area (Å²) in [6.45, 7) is 4.11. The van der Waals surface area contributed by atoms with Crippen molar-refractivity contribution < 1.29 is 38.4 Å². The van der Waals surface area contributed by atoms with Crippen molar-refractivity contribution in [1.29, 1.82) is 0 Å². The zero-order valence-electron chi connectivity index (χ0n) is 37.6. The predicted molar refractivity (Wildman–Crippen MR) is 247 cm³/mol. The Morgan fingerprint density at radius 3 is 1.70 bits per heavy atom.